The molecule has 1 atom stereocenters. The van der Waals surface area contributed by atoms with E-state index in [-0.39, 0.29) is 6.61 Å². The van der Waals surface area contributed by atoms with E-state index in [9.17, 15) is 5.11 Å². The molecule has 1 unspecified atom stereocenters. The van der Waals surface area contributed by atoms with Crippen molar-refractivity contribution < 1.29 is 14.4 Å². The number of aliphatic hydroxyl groups excluding tert-OH is 1. The van der Waals surface area contributed by atoms with Crippen LogP contribution < -0.4 is 4.74 Å². The number of benzene rings is 2. The summed E-state index contributed by atoms with van der Waals surface area (Å²) < 4.78 is 10.8. The van der Waals surface area contributed by atoms with Gasteiger partial charge in [0.05, 0.1) is 6.10 Å². The molecule has 0 fully saturated rings. The van der Waals surface area contributed by atoms with E-state index in [2.05, 4.69) is 10.1 Å². The van der Waals surface area contributed by atoms with Crippen LogP contribution in [0, 0.1) is 0 Å². The lowest BCUT2D eigenvalue weighted by molar-refractivity contribution is 0.173. The lowest BCUT2D eigenvalue weighted by Crippen LogP contribution is -1.98. The molecular formula is C18H18N2O3. The fourth-order valence-corrected chi connectivity index (χ4v) is 2.18. The van der Waals surface area contributed by atoms with Crippen molar-refractivity contribution in [1.82, 2.24) is 10.1 Å². The number of aliphatic hydroxyl groups is 1. The van der Waals surface area contributed by atoms with Gasteiger partial charge in [0.15, 0.2) is 6.61 Å². The van der Waals surface area contributed by atoms with Gasteiger partial charge in [0, 0.05) is 5.56 Å². The molecule has 0 aliphatic carbocycles. The first-order chi connectivity index (χ1) is 11.3. The Bertz CT molecular complexity index is 738. The fourth-order valence-electron chi connectivity index (χ4n) is 2.18. The summed E-state index contributed by atoms with van der Waals surface area (Å²) in [5, 5.41) is 13.7. The lowest BCUT2D eigenvalue weighted by atomic mass is 10.1. The molecule has 0 aliphatic rings. The van der Waals surface area contributed by atoms with Crippen LogP contribution >= 0.6 is 0 Å². The van der Waals surface area contributed by atoms with Crippen molar-refractivity contribution in [3.8, 4) is 17.1 Å². The van der Waals surface area contributed by atoms with E-state index < -0.39 is 6.10 Å². The first-order valence-electron chi connectivity index (χ1n) is 7.55. The van der Waals surface area contributed by atoms with Crippen LogP contribution in [0.15, 0.2) is 59.1 Å². The minimum absolute atomic E-state index is 0.204. The Kier molecular flexibility index (Phi) is 4.68. The van der Waals surface area contributed by atoms with E-state index in [1.807, 2.05) is 61.5 Å². The molecule has 1 aromatic heterocycles. The van der Waals surface area contributed by atoms with Crippen LogP contribution in [0.25, 0.3) is 11.4 Å². The average Bonchev–Trinajstić information content (AvgIpc) is 3.09. The van der Waals surface area contributed by atoms with Crippen LogP contribution in [0.1, 0.15) is 30.9 Å². The minimum atomic E-state index is -0.437. The van der Waals surface area contributed by atoms with E-state index in [4.69, 9.17) is 9.26 Å². The second-order valence-electron chi connectivity index (χ2n) is 5.16. The van der Waals surface area contributed by atoms with Crippen LogP contribution in [0.5, 0.6) is 5.75 Å². The van der Waals surface area contributed by atoms with Crippen molar-refractivity contribution in [1.29, 1.82) is 0 Å². The van der Waals surface area contributed by atoms with Gasteiger partial charge in [-0.25, -0.2) is 0 Å². The number of aromatic nitrogens is 2. The van der Waals surface area contributed by atoms with Crippen LogP contribution in [0.2, 0.25) is 0 Å². The molecule has 118 valence electrons. The van der Waals surface area contributed by atoms with Crippen molar-refractivity contribution in [3.05, 3.63) is 66.1 Å². The quantitative estimate of drug-likeness (QED) is 0.751. The summed E-state index contributed by atoms with van der Waals surface area (Å²) in [6.07, 6.45) is 0.248. The maximum atomic E-state index is 9.76. The molecule has 0 aliphatic heterocycles. The highest BCUT2D eigenvalue weighted by atomic mass is 16.5. The molecule has 5 nitrogen and oxygen atoms in total. The van der Waals surface area contributed by atoms with Gasteiger partial charge in [0.1, 0.15) is 5.75 Å². The smallest absolute Gasteiger partial charge is 0.264 e. The molecule has 1 heterocycles. The summed E-state index contributed by atoms with van der Waals surface area (Å²) in [6, 6.07) is 17.0. The summed E-state index contributed by atoms with van der Waals surface area (Å²) in [5.41, 5.74) is 1.78. The summed E-state index contributed by atoms with van der Waals surface area (Å²) in [4.78, 5) is 4.31. The van der Waals surface area contributed by atoms with E-state index >= 15 is 0 Å². The molecule has 3 aromatic rings. The van der Waals surface area contributed by atoms with Gasteiger partial charge in [0.25, 0.3) is 5.89 Å². The van der Waals surface area contributed by atoms with E-state index in [1.165, 1.54) is 0 Å². The monoisotopic (exact) mass is 310 g/mol. The third-order valence-corrected chi connectivity index (χ3v) is 3.51. The Morgan fingerprint density at radius 1 is 1.09 bits per heavy atom. The SMILES string of the molecule is CCC(O)c1ccc(OCc2nc(-c3ccccc3)no2)cc1. The van der Waals surface area contributed by atoms with Crippen LogP contribution in [0.4, 0.5) is 0 Å². The molecule has 0 amide bonds. The molecule has 0 bridgehead atoms. The second kappa shape index (κ2) is 7.07. The zero-order valence-corrected chi connectivity index (χ0v) is 12.8. The molecule has 3 rings (SSSR count). The molecule has 2 aromatic carbocycles. The highest BCUT2D eigenvalue weighted by Crippen LogP contribution is 2.21. The highest BCUT2D eigenvalue weighted by Gasteiger charge is 2.09. The molecule has 23 heavy (non-hydrogen) atoms. The highest BCUT2D eigenvalue weighted by molar-refractivity contribution is 5.53. The number of hydrogen-bond donors (Lipinski definition) is 1. The average molecular weight is 310 g/mol. The second-order valence-corrected chi connectivity index (χ2v) is 5.16. The zero-order chi connectivity index (χ0) is 16.1. The Labute approximate surface area is 134 Å². The van der Waals surface area contributed by atoms with Crippen LogP contribution in [0.3, 0.4) is 0 Å². The Morgan fingerprint density at radius 2 is 1.83 bits per heavy atom. The van der Waals surface area contributed by atoms with Gasteiger partial charge in [-0.1, -0.05) is 54.5 Å². The van der Waals surface area contributed by atoms with Gasteiger partial charge in [-0.15, -0.1) is 0 Å². The third-order valence-electron chi connectivity index (χ3n) is 3.51. The van der Waals surface area contributed by atoms with Gasteiger partial charge < -0.3 is 14.4 Å². The first kappa shape index (κ1) is 15.2. The van der Waals surface area contributed by atoms with E-state index in [1.54, 1.807) is 0 Å². The summed E-state index contributed by atoms with van der Waals surface area (Å²) in [6.45, 7) is 2.14. The first-order valence-corrected chi connectivity index (χ1v) is 7.55. The lowest BCUT2D eigenvalue weighted by Gasteiger charge is -2.09. The summed E-state index contributed by atoms with van der Waals surface area (Å²) in [7, 11) is 0. The van der Waals surface area contributed by atoms with Gasteiger partial charge >= 0.3 is 0 Å². The maximum Gasteiger partial charge on any atom is 0.264 e. The van der Waals surface area contributed by atoms with Crippen LogP contribution in [-0.4, -0.2) is 15.2 Å². The van der Waals surface area contributed by atoms with E-state index in [0.29, 0.717) is 23.9 Å². The molecular weight excluding hydrogens is 292 g/mol. The van der Waals surface area contributed by atoms with Gasteiger partial charge in [0.2, 0.25) is 5.82 Å². The standard InChI is InChI=1S/C18H18N2O3/c1-2-16(21)13-8-10-15(11-9-13)22-12-17-19-18(20-23-17)14-6-4-3-5-7-14/h3-11,16,21H,2,12H2,1H3. The Hall–Kier alpha value is -2.66. The van der Waals surface area contributed by atoms with Gasteiger partial charge in [-0.05, 0) is 24.1 Å². The normalized spacial score (nSPS) is 12.1. The van der Waals surface area contributed by atoms with Crippen molar-refractivity contribution in [2.45, 2.75) is 26.1 Å². The number of rotatable bonds is 6. The topological polar surface area (TPSA) is 68.4 Å². The summed E-state index contributed by atoms with van der Waals surface area (Å²) in [5.74, 6) is 1.66. The molecule has 0 spiro atoms. The Balaban J connectivity index is 1.62. The van der Waals surface area contributed by atoms with Gasteiger partial charge in [-0.2, -0.15) is 4.98 Å². The predicted octanol–water partition coefficient (Wildman–Crippen LogP) is 3.76. The predicted molar refractivity (Wildman–Crippen MR) is 85.8 cm³/mol. The van der Waals surface area contributed by atoms with Gasteiger partial charge in [-0.3, -0.25) is 0 Å². The molecule has 0 radical (unpaired) electrons. The molecule has 5 heteroatoms. The number of nitrogens with zero attached hydrogens (tertiary/aromatic N) is 2. The molecule has 1 N–H and O–H groups in total. The van der Waals surface area contributed by atoms with Crippen molar-refractivity contribution in [3.63, 3.8) is 0 Å². The third kappa shape index (κ3) is 3.76. The molecule has 0 saturated carbocycles. The summed E-state index contributed by atoms with van der Waals surface area (Å²) >= 11 is 0. The van der Waals surface area contributed by atoms with Crippen molar-refractivity contribution in [2.24, 2.45) is 0 Å². The van der Waals surface area contributed by atoms with Crippen LogP contribution in [-0.2, 0) is 6.61 Å². The largest absolute Gasteiger partial charge is 0.484 e. The number of ether oxygens (including phenoxy) is 1. The minimum Gasteiger partial charge on any atom is -0.484 e. The number of hydrogen-bond acceptors (Lipinski definition) is 5. The van der Waals surface area contributed by atoms with E-state index in [0.717, 1.165) is 11.1 Å². The maximum absolute atomic E-state index is 9.76. The fraction of sp³-hybridized carbons (Fsp3) is 0.222. The molecule has 0 saturated heterocycles. The van der Waals surface area contributed by atoms with Crippen molar-refractivity contribution >= 4 is 0 Å². The van der Waals surface area contributed by atoms with Crippen molar-refractivity contribution in [2.75, 3.05) is 0 Å². The Morgan fingerprint density at radius 3 is 2.52 bits per heavy atom. The zero-order valence-electron chi connectivity index (χ0n) is 12.8.